The first-order valence-electron chi connectivity index (χ1n) is 6.88. The lowest BCUT2D eigenvalue weighted by atomic mass is 10.2. The maximum atomic E-state index is 10.8. The van der Waals surface area contributed by atoms with Crippen LogP contribution in [0.2, 0.25) is 0 Å². The summed E-state index contributed by atoms with van der Waals surface area (Å²) in [5.74, 6) is 0.861. The summed E-state index contributed by atoms with van der Waals surface area (Å²) in [6.45, 7) is 4.78. The number of esters is 1. The van der Waals surface area contributed by atoms with Crippen molar-refractivity contribution in [2.75, 3.05) is 13.2 Å². The van der Waals surface area contributed by atoms with Crippen molar-refractivity contribution >= 4 is 12.4 Å². The summed E-state index contributed by atoms with van der Waals surface area (Å²) in [5, 5.41) is 0. The quantitative estimate of drug-likeness (QED) is 0.271. The fraction of sp³-hybridized carbons (Fsp3) is 0.375. The van der Waals surface area contributed by atoms with Gasteiger partial charge in [0.1, 0.15) is 11.5 Å². The standard InChI is InChI=1S/C16H20O5/c1-2-16(18)20-12-6-4-3-5-11-19-14-7-9-15(10-8-14)21-13-17/h2,7-10,13H,1,3-6,11-12H2. The zero-order valence-electron chi connectivity index (χ0n) is 12.0. The molecule has 21 heavy (non-hydrogen) atoms. The van der Waals surface area contributed by atoms with Gasteiger partial charge in [0.15, 0.2) is 0 Å². The van der Waals surface area contributed by atoms with Crippen LogP contribution >= 0.6 is 0 Å². The highest BCUT2D eigenvalue weighted by Crippen LogP contribution is 2.17. The highest BCUT2D eigenvalue weighted by molar-refractivity contribution is 5.81. The van der Waals surface area contributed by atoms with Gasteiger partial charge in [-0.1, -0.05) is 6.58 Å². The lowest BCUT2D eigenvalue weighted by molar-refractivity contribution is -0.137. The molecular weight excluding hydrogens is 272 g/mol. The lowest BCUT2D eigenvalue weighted by Crippen LogP contribution is -2.02. The van der Waals surface area contributed by atoms with E-state index < -0.39 is 0 Å². The summed E-state index contributed by atoms with van der Waals surface area (Å²) in [4.78, 5) is 20.9. The number of benzene rings is 1. The molecule has 0 bridgehead atoms. The van der Waals surface area contributed by atoms with E-state index in [0.29, 0.717) is 25.4 Å². The molecule has 0 saturated carbocycles. The third-order valence-corrected chi connectivity index (χ3v) is 2.73. The van der Waals surface area contributed by atoms with Crippen LogP contribution in [0.5, 0.6) is 11.5 Å². The molecule has 0 heterocycles. The van der Waals surface area contributed by atoms with E-state index in [9.17, 15) is 9.59 Å². The Bertz CT molecular complexity index is 438. The first-order valence-corrected chi connectivity index (χ1v) is 6.88. The van der Waals surface area contributed by atoms with Gasteiger partial charge >= 0.3 is 5.97 Å². The van der Waals surface area contributed by atoms with Gasteiger partial charge in [0.25, 0.3) is 6.47 Å². The van der Waals surface area contributed by atoms with Gasteiger partial charge in [0.2, 0.25) is 0 Å². The highest BCUT2D eigenvalue weighted by atomic mass is 16.5. The molecule has 0 aliphatic carbocycles. The van der Waals surface area contributed by atoms with Gasteiger partial charge in [0, 0.05) is 6.08 Å². The monoisotopic (exact) mass is 292 g/mol. The van der Waals surface area contributed by atoms with Gasteiger partial charge in [-0.2, -0.15) is 0 Å². The Hall–Kier alpha value is -2.30. The molecule has 1 aromatic carbocycles. The van der Waals surface area contributed by atoms with Crippen LogP contribution in [0.15, 0.2) is 36.9 Å². The molecule has 0 saturated heterocycles. The number of unbranched alkanes of at least 4 members (excludes halogenated alkanes) is 3. The largest absolute Gasteiger partial charge is 0.494 e. The second-order valence-electron chi connectivity index (χ2n) is 4.32. The molecule has 5 nitrogen and oxygen atoms in total. The lowest BCUT2D eigenvalue weighted by Gasteiger charge is -2.06. The Kier molecular flexibility index (Phi) is 8.36. The van der Waals surface area contributed by atoms with Crippen molar-refractivity contribution in [2.45, 2.75) is 25.7 Å². The summed E-state index contributed by atoms with van der Waals surface area (Å²) in [6.07, 6.45) is 4.94. The molecule has 0 aromatic heterocycles. The molecule has 114 valence electrons. The van der Waals surface area contributed by atoms with Crippen LogP contribution in [0.25, 0.3) is 0 Å². The summed E-state index contributed by atoms with van der Waals surface area (Å²) >= 11 is 0. The molecule has 0 fully saturated rings. The third kappa shape index (κ3) is 7.77. The SMILES string of the molecule is C=CC(=O)OCCCCCCOc1ccc(OC=O)cc1. The van der Waals surface area contributed by atoms with Crippen molar-refractivity contribution < 1.29 is 23.8 Å². The number of ether oxygens (including phenoxy) is 3. The van der Waals surface area contributed by atoms with Crippen LogP contribution in [-0.4, -0.2) is 25.7 Å². The number of hydrogen-bond acceptors (Lipinski definition) is 5. The number of hydrogen-bond donors (Lipinski definition) is 0. The van der Waals surface area contributed by atoms with Crippen molar-refractivity contribution in [3.8, 4) is 11.5 Å². The molecule has 0 radical (unpaired) electrons. The third-order valence-electron chi connectivity index (χ3n) is 2.73. The molecule has 0 aliphatic heterocycles. The van der Waals surface area contributed by atoms with E-state index in [1.807, 2.05) is 0 Å². The van der Waals surface area contributed by atoms with Crippen LogP contribution in [0, 0.1) is 0 Å². The predicted molar refractivity (Wildman–Crippen MR) is 78.3 cm³/mol. The molecule has 0 N–H and O–H groups in total. The Balaban J connectivity index is 2.02. The molecule has 0 atom stereocenters. The average molecular weight is 292 g/mol. The molecule has 0 amide bonds. The Morgan fingerprint density at radius 1 is 1.00 bits per heavy atom. The maximum absolute atomic E-state index is 10.8. The van der Waals surface area contributed by atoms with Gasteiger partial charge < -0.3 is 14.2 Å². The zero-order valence-corrected chi connectivity index (χ0v) is 12.0. The van der Waals surface area contributed by atoms with Crippen molar-refractivity contribution in [3.05, 3.63) is 36.9 Å². The normalized spacial score (nSPS) is 9.71. The second kappa shape index (κ2) is 10.5. The fourth-order valence-electron chi connectivity index (χ4n) is 1.65. The van der Waals surface area contributed by atoms with Crippen LogP contribution in [0.1, 0.15) is 25.7 Å². The number of rotatable bonds is 11. The average Bonchev–Trinajstić information content (AvgIpc) is 2.51. The van der Waals surface area contributed by atoms with Crippen molar-refractivity contribution in [1.29, 1.82) is 0 Å². The maximum Gasteiger partial charge on any atom is 0.330 e. The number of carbonyl (C=O) groups excluding carboxylic acids is 2. The van der Waals surface area contributed by atoms with Crippen molar-refractivity contribution in [2.24, 2.45) is 0 Å². The van der Waals surface area contributed by atoms with Gasteiger partial charge in [-0.15, -0.1) is 0 Å². The van der Waals surface area contributed by atoms with Crippen LogP contribution in [0.4, 0.5) is 0 Å². The van der Waals surface area contributed by atoms with Gasteiger partial charge in [-0.05, 0) is 49.9 Å². The van der Waals surface area contributed by atoms with E-state index in [4.69, 9.17) is 9.47 Å². The molecule has 1 rings (SSSR count). The first kappa shape index (κ1) is 16.8. The van der Waals surface area contributed by atoms with E-state index in [1.165, 1.54) is 6.08 Å². The summed E-state index contributed by atoms with van der Waals surface area (Å²) in [6, 6.07) is 6.87. The molecule has 1 aromatic rings. The highest BCUT2D eigenvalue weighted by Gasteiger charge is 1.98. The summed E-state index contributed by atoms with van der Waals surface area (Å²) in [7, 11) is 0. The second-order valence-corrected chi connectivity index (χ2v) is 4.32. The van der Waals surface area contributed by atoms with E-state index in [0.717, 1.165) is 31.4 Å². The van der Waals surface area contributed by atoms with Gasteiger partial charge in [0.05, 0.1) is 13.2 Å². The minimum atomic E-state index is -0.375. The summed E-state index contributed by atoms with van der Waals surface area (Å²) < 4.78 is 15.1. The minimum absolute atomic E-state index is 0.375. The first-order chi connectivity index (χ1) is 10.3. The molecule has 0 aliphatic rings. The zero-order chi connectivity index (χ0) is 15.3. The van der Waals surface area contributed by atoms with Crippen molar-refractivity contribution in [1.82, 2.24) is 0 Å². The number of carbonyl (C=O) groups is 2. The van der Waals surface area contributed by atoms with Crippen LogP contribution in [0.3, 0.4) is 0 Å². The molecular formula is C16H20O5. The van der Waals surface area contributed by atoms with Crippen molar-refractivity contribution in [3.63, 3.8) is 0 Å². The molecule has 0 unspecified atom stereocenters. The summed E-state index contributed by atoms with van der Waals surface area (Å²) in [5.41, 5.74) is 0. The van der Waals surface area contributed by atoms with E-state index >= 15 is 0 Å². The molecule has 0 spiro atoms. The Morgan fingerprint density at radius 3 is 2.24 bits per heavy atom. The van der Waals surface area contributed by atoms with E-state index in [-0.39, 0.29) is 5.97 Å². The minimum Gasteiger partial charge on any atom is -0.494 e. The Labute approximate surface area is 124 Å². The topological polar surface area (TPSA) is 61.8 Å². The van der Waals surface area contributed by atoms with E-state index in [2.05, 4.69) is 11.3 Å². The van der Waals surface area contributed by atoms with Crippen LogP contribution in [-0.2, 0) is 14.3 Å². The van der Waals surface area contributed by atoms with Gasteiger partial charge in [-0.3, -0.25) is 4.79 Å². The van der Waals surface area contributed by atoms with E-state index in [1.54, 1.807) is 24.3 Å². The van der Waals surface area contributed by atoms with Crippen LogP contribution < -0.4 is 9.47 Å². The fourth-order valence-corrected chi connectivity index (χ4v) is 1.65. The van der Waals surface area contributed by atoms with Gasteiger partial charge in [-0.25, -0.2) is 4.79 Å². The Morgan fingerprint density at radius 2 is 1.62 bits per heavy atom. The smallest absolute Gasteiger partial charge is 0.330 e. The predicted octanol–water partition coefficient (Wildman–Crippen LogP) is 2.89. The molecule has 5 heteroatoms.